The summed E-state index contributed by atoms with van der Waals surface area (Å²) in [4.78, 5) is 15.9. The Kier molecular flexibility index (Phi) is 7.81. The number of rotatable bonds is 7. The first-order valence-corrected chi connectivity index (χ1v) is 12.5. The van der Waals surface area contributed by atoms with Gasteiger partial charge >= 0.3 is 0 Å². The second-order valence-electron chi connectivity index (χ2n) is 9.99. The monoisotopic (exact) mass is 414 g/mol. The zero-order valence-electron chi connectivity index (χ0n) is 18.5. The Morgan fingerprint density at radius 2 is 1.53 bits per heavy atom. The molecule has 4 heteroatoms. The smallest absolute Gasteiger partial charge is 0.223 e. The summed E-state index contributed by atoms with van der Waals surface area (Å²) in [5.41, 5.74) is 1.18. The lowest BCUT2D eigenvalue weighted by molar-refractivity contribution is -0.130. The van der Waals surface area contributed by atoms with Crippen LogP contribution in [0.2, 0.25) is 0 Å². The maximum absolute atomic E-state index is 13.5. The van der Waals surface area contributed by atoms with Crippen molar-refractivity contribution < 1.29 is 9.18 Å². The first-order valence-electron chi connectivity index (χ1n) is 12.5. The predicted octanol–water partition coefficient (Wildman–Crippen LogP) is 5.34. The van der Waals surface area contributed by atoms with E-state index in [1.165, 1.54) is 69.8 Å². The minimum atomic E-state index is -0.173. The lowest BCUT2D eigenvalue weighted by Gasteiger charge is -2.37. The normalized spacial score (nSPS) is 24.4. The molecule has 4 rings (SSSR count). The first-order chi connectivity index (χ1) is 14.7. The van der Waals surface area contributed by atoms with Gasteiger partial charge in [-0.1, -0.05) is 50.7 Å². The lowest BCUT2D eigenvalue weighted by Crippen LogP contribution is -2.46. The molecule has 0 spiro atoms. The average molecular weight is 415 g/mol. The Bertz CT molecular complexity index is 646. The second kappa shape index (κ2) is 10.7. The molecule has 0 aromatic heterocycles. The van der Waals surface area contributed by atoms with Crippen LogP contribution in [0, 0.1) is 23.6 Å². The summed E-state index contributed by atoms with van der Waals surface area (Å²) >= 11 is 0. The predicted molar refractivity (Wildman–Crippen MR) is 120 cm³/mol. The molecule has 0 unspecified atom stereocenters. The number of nitrogens with one attached hydrogen (secondary N) is 1. The Balaban J connectivity index is 1.29. The van der Waals surface area contributed by atoms with E-state index in [2.05, 4.69) is 10.2 Å². The van der Waals surface area contributed by atoms with Crippen LogP contribution in [0.3, 0.4) is 0 Å². The van der Waals surface area contributed by atoms with Crippen molar-refractivity contribution in [3.8, 4) is 0 Å². The van der Waals surface area contributed by atoms with Gasteiger partial charge in [0.25, 0.3) is 0 Å². The van der Waals surface area contributed by atoms with Gasteiger partial charge in [0.2, 0.25) is 5.91 Å². The van der Waals surface area contributed by atoms with Crippen molar-refractivity contribution in [3.63, 3.8) is 0 Å². The van der Waals surface area contributed by atoms with E-state index in [-0.39, 0.29) is 11.7 Å². The molecular formula is C26H39FN2O. The van der Waals surface area contributed by atoms with Crippen molar-refractivity contribution >= 4 is 5.91 Å². The average Bonchev–Trinajstić information content (AvgIpc) is 3.22. The zero-order valence-corrected chi connectivity index (χ0v) is 18.5. The van der Waals surface area contributed by atoms with Crippen LogP contribution in [0.1, 0.15) is 76.2 Å². The van der Waals surface area contributed by atoms with Crippen molar-refractivity contribution in [2.24, 2.45) is 17.8 Å². The number of amides is 1. The summed E-state index contributed by atoms with van der Waals surface area (Å²) in [7, 11) is 0. The molecule has 1 aromatic carbocycles. The van der Waals surface area contributed by atoms with Crippen LogP contribution < -0.4 is 5.32 Å². The maximum atomic E-state index is 13.5. The molecule has 3 aliphatic rings. The molecule has 166 valence electrons. The van der Waals surface area contributed by atoms with Crippen molar-refractivity contribution in [2.75, 3.05) is 19.6 Å². The molecule has 3 nitrogen and oxygen atoms in total. The summed E-state index contributed by atoms with van der Waals surface area (Å²) in [5.74, 6) is 1.65. The number of halogens is 1. The van der Waals surface area contributed by atoms with Crippen LogP contribution in [-0.4, -0.2) is 36.5 Å². The molecule has 3 fully saturated rings. The van der Waals surface area contributed by atoms with Gasteiger partial charge in [0, 0.05) is 31.6 Å². The van der Waals surface area contributed by atoms with E-state index in [4.69, 9.17) is 0 Å². The van der Waals surface area contributed by atoms with E-state index in [1.807, 2.05) is 12.1 Å². The highest BCUT2D eigenvalue weighted by Gasteiger charge is 2.37. The third-order valence-electron chi connectivity index (χ3n) is 7.87. The molecule has 1 atom stereocenters. The minimum Gasteiger partial charge on any atom is -0.352 e. The van der Waals surface area contributed by atoms with Crippen LogP contribution in [-0.2, 0) is 11.2 Å². The van der Waals surface area contributed by atoms with Crippen molar-refractivity contribution in [2.45, 2.75) is 83.1 Å². The van der Waals surface area contributed by atoms with Crippen LogP contribution in [0.4, 0.5) is 4.39 Å². The van der Waals surface area contributed by atoms with Gasteiger partial charge in [0.05, 0.1) is 0 Å². The number of nitrogens with zero attached hydrogens (tertiary/aromatic N) is 1. The van der Waals surface area contributed by atoms with Gasteiger partial charge in [-0.15, -0.1) is 0 Å². The van der Waals surface area contributed by atoms with Crippen molar-refractivity contribution in [3.05, 3.63) is 35.6 Å². The van der Waals surface area contributed by atoms with Crippen molar-refractivity contribution in [1.29, 1.82) is 0 Å². The van der Waals surface area contributed by atoms with E-state index >= 15 is 0 Å². The Labute approximate surface area is 181 Å². The zero-order chi connectivity index (χ0) is 20.8. The number of carbonyl (C=O) groups is 1. The summed E-state index contributed by atoms with van der Waals surface area (Å²) in [6, 6.07) is 7.13. The number of hydrogen-bond donors (Lipinski definition) is 1. The molecule has 1 amide bonds. The molecule has 2 saturated carbocycles. The van der Waals surface area contributed by atoms with E-state index in [0.717, 1.165) is 32.5 Å². The molecule has 2 aliphatic carbocycles. The van der Waals surface area contributed by atoms with Crippen LogP contribution in [0.15, 0.2) is 24.3 Å². The lowest BCUT2D eigenvalue weighted by atomic mass is 9.69. The van der Waals surface area contributed by atoms with Gasteiger partial charge in [0.15, 0.2) is 0 Å². The largest absolute Gasteiger partial charge is 0.352 e. The van der Waals surface area contributed by atoms with Crippen LogP contribution in [0.5, 0.6) is 0 Å². The van der Waals surface area contributed by atoms with E-state index in [9.17, 15) is 9.18 Å². The fourth-order valence-electron chi connectivity index (χ4n) is 6.19. The number of hydrogen-bond acceptors (Lipinski definition) is 2. The third kappa shape index (κ3) is 5.84. The van der Waals surface area contributed by atoms with Gasteiger partial charge in [-0.25, -0.2) is 4.39 Å². The summed E-state index contributed by atoms with van der Waals surface area (Å²) in [6.45, 7) is 2.98. The number of likely N-dealkylation sites (tertiary alicyclic amines) is 1. The first kappa shape index (κ1) is 21.8. The Morgan fingerprint density at radius 3 is 2.13 bits per heavy atom. The van der Waals surface area contributed by atoms with Gasteiger partial charge < -0.3 is 10.2 Å². The standard InChI is InChI=1S/C26H39FN2O/c27-23-13-11-20(12-14-23)15-17-29-18-16-24(19-29)28-26(30)25(21-7-3-1-4-8-21)22-9-5-2-6-10-22/h11-14,21-22,24-25H,1-10,15-19H2,(H,28,30)/t24-/m0/s1. The highest BCUT2D eigenvalue weighted by molar-refractivity contribution is 5.79. The SMILES string of the molecule is O=C(N[C@H]1CCN(CCc2ccc(F)cc2)C1)C(C1CCCCC1)C1CCCCC1. The second-order valence-corrected chi connectivity index (χ2v) is 9.99. The van der Waals surface area contributed by atoms with Crippen LogP contribution in [0.25, 0.3) is 0 Å². The molecule has 1 N–H and O–H groups in total. The summed E-state index contributed by atoms with van der Waals surface area (Å²) < 4.78 is 13.1. The van der Waals surface area contributed by atoms with E-state index in [1.54, 1.807) is 12.1 Å². The fourth-order valence-corrected chi connectivity index (χ4v) is 6.19. The highest BCUT2D eigenvalue weighted by Crippen LogP contribution is 2.40. The molecule has 1 saturated heterocycles. The Hall–Kier alpha value is -1.42. The quantitative estimate of drug-likeness (QED) is 0.653. The third-order valence-corrected chi connectivity index (χ3v) is 7.87. The Morgan fingerprint density at radius 1 is 0.933 bits per heavy atom. The minimum absolute atomic E-state index is 0.173. The van der Waals surface area contributed by atoms with Crippen molar-refractivity contribution in [1.82, 2.24) is 10.2 Å². The highest BCUT2D eigenvalue weighted by atomic mass is 19.1. The van der Waals surface area contributed by atoms with Gasteiger partial charge in [-0.3, -0.25) is 4.79 Å². The molecule has 30 heavy (non-hydrogen) atoms. The molecular weight excluding hydrogens is 375 g/mol. The van der Waals surface area contributed by atoms with E-state index < -0.39 is 0 Å². The summed E-state index contributed by atoms with van der Waals surface area (Å²) in [5, 5.41) is 3.48. The fraction of sp³-hybridized carbons (Fsp3) is 0.731. The topological polar surface area (TPSA) is 32.3 Å². The van der Waals surface area contributed by atoms with Gasteiger partial charge in [-0.2, -0.15) is 0 Å². The molecule has 1 heterocycles. The van der Waals surface area contributed by atoms with E-state index in [0.29, 0.717) is 23.8 Å². The maximum Gasteiger partial charge on any atom is 0.223 e. The van der Waals surface area contributed by atoms with Gasteiger partial charge in [0.1, 0.15) is 5.82 Å². The molecule has 1 aliphatic heterocycles. The van der Waals surface area contributed by atoms with Gasteiger partial charge in [-0.05, 0) is 68.1 Å². The summed E-state index contributed by atoms with van der Waals surface area (Å²) in [6.07, 6.45) is 14.9. The molecule has 0 radical (unpaired) electrons. The number of carbonyl (C=O) groups excluding carboxylic acids is 1. The van der Waals surface area contributed by atoms with Crippen LogP contribution >= 0.6 is 0 Å². The number of benzene rings is 1. The molecule has 0 bridgehead atoms. The molecule has 1 aromatic rings.